The van der Waals surface area contributed by atoms with Crippen LogP contribution in [0.4, 0.5) is 0 Å². The van der Waals surface area contributed by atoms with E-state index in [1.54, 1.807) is 0 Å². The summed E-state index contributed by atoms with van der Waals surface area (Å²) in [6.07, 6.45) is 6.87. The second kappa shape index (κ2) is 6.47. The fraction of sp³-hybridized carbons (Fsp3) is 0.909. The van der Waals surface area contributed by atoms with Crippen molar-refractivity contribution in [2.75, 3.05) is 6.54 Å². The van der Waals surface area contributed by atoms with Gasteiger partial charge in [0.15, 0.2) is 0 Å². The highest BCUT2D eigenvalue weighted by atomic mass is 16.6. The standard InChI is InChI=1S/C22H33NO4/c1-4-13-14-7-5-6-8-23-16(17-9-11(2)21(24)26-17)10-15(19(14)23)18-12(3)22(25)27-20(13)18/h11-20H,4-10H2,1-3H3/t11-,12-,13+,14+,15+,16+,17-,18+,19+,20-/m1/s1. The molecule has 0 amide bonds. The number of carbonyl (C=O) groups is 2. The number of hydrogen-bond donors (Lipinski definition) is 0. The molecule has 0 spiro atoms. The zero-order valence-corrected chi connectivity index (χ0v) is 16.8. The molecule has 27 heavy (non-hydrogen) atoms. The first-order chi connectivity index (χ1) is 13.0. The molecule has 5 fully saturated rings. The number of cyclic esters (lactones) is 1. The molecule has 4 heterocycles. The Hall–Kier alpha value is -1.10. The largest absolute Gasteiger partial charge is 0.462 e. The van der Waals surface area contributed by atoms with Gasteiger partial charge in [0.2, 0.25) is 0 Å². The van der Waals surface area contributed by atoms with Crippen molar-refractivity contribution in [1.82, 2.24) is 4.90 Å². The van der Waals surface area contributed by atoms with Gasteiger partial charge in [-0.3, -0.25) is 14.5 Å². The minimum absolute atomic E-state index is 0.00362. The molecule has 0 bridgehead atoms. The Morgan fingerprint density at radius 1 is 1.04 bits per heavy atom. The summed E-state index contributed by atoms with van der Waals surface area (Å²) >= 11 is 0. The third kappa shape index (κ3) is 2.53. The van der Waals surface area contributed by atoms with Crippen LogP contribution in [0.3, 0.4) is 0 Å². The van der Waals surface area contributed by atoms with Crippen LogP contribution >= 0.6 is 0 Å². The highest BCUT2D eigenvalue weighted by Gasteiger charge is 2.63. The van der Waals surface area contributed by atoms with Crippen LogP contribution in [-0.2, 0) is 19.1 Å². The maximum Gasteiger partial charge on any atom is 0.309 e. The lowest BCUT2D eigenvalue weighted by Crippen LogP contribution is -2.54. The monoisotopic (exact) mass is 375 g/mol. The number of ether oxygens (including phenoxy) is 2. The number of nitrogens with zero attached hydrogens (tertiary/aromatic N) is 1. The van der Waals surface area contributed by atoms with E-state index in [-0.39, 0.29) is 36.0 Å². The smallest absolute Gasteiger partial charge is 0.309 e. The summed E-state index contributed by atoms with van der Waals surface area (Å²) in [7, 11) is 0. The van der Waals surface area contributed by atoms with Gasteiger partial charge in [-0.05, 0) is 50.5 Å². The Labute approximate surface area is 162 Å². The number of hydrogen-bond acceptors (Lipinski definition) is 5. The normalized spacial score (nSPS) is 52.1. The Morgan fingerprint density at radius 2 is 1.85 bits per heavy atom. The van der Waals surface area contributed by atoms with E-state index in [9.17, 15) is 9.59 Å². The van der Waals surface area contributed by atoms with E-state index in [1.165, 1.54) is 19.3 Å². The minimum Gasteiger partial charge on any atom is -0.462 e. The van der Waals surface area contributed by atoms with Crippen LogP contribution in [-0.4, -0.2) is 47.7 Å². The minimum atomic E-state index is -0.0294. The summed E-state index contributed by atoms with van der Waals surface area (Å²) in [5.74, 6) is 1.94. The van der Waals surface area contributed by atoms with Gasteiger partial charge in [0.1, 0.15) is 12.2 Å². The van der Waals surface area contributed by atoms with Gasteiger partial charge in [-0.1, -0.05) is 27.2 Å². The van der Waals surface area contributed by atoms with Crippen LogP contribution in [0.15, 0.2) is 0 Å². The van der Waals surface area contributed by atoms with Crippen LogP contribution in [0.2, 0.25) is 0 Å². The van der Waals surface area contributed by atoms with E-state index < -0.39 is 0 Å². The number of fused-ring (bicyclic) bond motifs is 2. The van der Waals surface area contributed by atoms with Gasteiger partial charge in [0, 0.05) is 23.9 Å². The highest BCUT2D eigenvalue weighted by Crippen LogP contribution is 2.57. The molecule has 10 atom stereocenters. The maximum absolute atomic E-state index is 12.5. The van der Waals surface area contributed by atoms with Gasteiger partial charge >= 0.3 is 11.9 Å². The highest BCUT2D eigenvalue weighted by molar-refractivity contribution is 5.75. The third-order valence-electron chi connectivity index (χ3n) is 8.61. The molecule has 0 aromatic carbocycles. The second-order valence-corrected chi connectivity index (χ2v) is 9.81. The SMILES string of the molecule is CC[C@H]1[C@@H]2CCCCN3[C@@H]2[C@@H](C[C@H]3[C@H]2C[C@@H](C)C(=O)O2)[C@H]2[C@@H]1OC(=O)[C@@H]2C. The molecule has 1 saturated carbocycles. The quantitative estimate of drug-likeness (QED) is 0.695. The van der Waals surface area contributed by atoms with E-state index in [2.05, 4.69) is 18.7 Å². The van der Waals surface area contributed by atoms with E-state index in [0.29, 0.717) is 35.8 Å². The van der Waals surface area contributed by atoms with E-state index >= 15 is 0 Å². The third-order valence-corrected chi connectivity index (χ3v) is 8.61. The maximum atomic E-state index is 12.5. The molecular weight excluding hydrogens is 342 g/mol. The van der Waals surface area contributed by atoms with Crippen molar-refractivity contribution < 1.29 is 19.1 Å². The molecule has 0 unspecified atom stereocenters. The van der Waals surface area contributed by atoms with Gasteiger partial charge in [0.05, 0.1) is 11.8 Å². The van der Waals surface area contributed by atoms with Gasteiger partial charge < -0.3 is 9.47 Å². The van der Waals surface area contributed by atoms with Gasteiger partial charge in [-0.15, -0.1) is 0 Å². The van der Waals surface area contributed by atoms with E-state index in [1.807, 2.05) is 6.92 Å². The van der Waals surface area contributed by atoms with Crippen molar-refractivity contribution in [3.05, 3.63) is 0 Å². The second-order valence-electron chi connectivity index (χ2n) is 9.81. The molecule has 4 saturated heterocycles. The van der Waals surface area contributed by atoms with Crippen molar-refractivity contribution in [3.8, 4) is 0 Å². The number of esters is 2. The molecule has 5 nitrogen and oxygen atoms in total. The summed E-state index contributed by atoms with van der Waals surface area (Å²) in [6.45, 7) is 7.44. The molecular formula is C22H33NO4. The predicted octanol–water partition coefficient (Wildman–Crippen LogP) is 3.01. The Morgan fingerprint density at radius 3 is 2.56 bits per heavy atom. The van der Waals surface area contributed by atoms with Gasteiger partial charge in [0.25, 0.3) is 0 Å². The summed E-state index contributed by atoms with van der Waals surface area (Å²) in [4.78, 5) is 27.3. The lowest BCUT2D eigenvalue weighted by molar-refractivity contribution is -0.148. The molecule has 0 radical (unpaired) electrons. The average molecular weight is 376 g/mol. The number of carbonyl (C=O) groups excluding carboxylic acids is 2. The molecule has 150 valence electrons. The summed E-state index contributed by atoms with van der Waals surface area (Å²) in [5, 5.41) is 0. The Bertz CT molecular complexity index is 636. The first-order valence-corrected chi connectivity index (χ1v) is 11.2. The topological polar surface area (TPSA) is 55.8 Å². The fourth-order valence-corrected chi connectivity index (χ4v) is 7.48. The van der Waals surface area contributed by atoms with Crippen LogP contribution in [0.5, 0.6) is 0 Å². The van der Waals surface area contributed by atoms with Crippen LogP contribution in [0, 0.1) is 35.5 Å². The first-order valence-electron chi connectivity index (χ1n) is 11.2. The van der Waals surface area contributed by atoms with Crippen molar-refractivity contribution in [2.45, 2.75) is 83.6 Å². The number of rotatable bonds is 2. The molecule has 0 aromatic heterocycles. The molecule has 5 aliphatic rings. The van der Waals surface area contributed by atoms with Crippen molar-refractivity contribution in [3.63, 3.8) is 0 Å². The summed E-state index contributed by atoms with van der Waals surface area (Å²) < 4.78 is 11.8. The zero-order chi connectivity index (χ0) is 18.9. The summed E-state index contributed by atoms with van der Waals surface area (Å²) in [5.41, 5.74) is 0. The summed E-state index contributed by atoms with van der Waals surface area (Å²) in [6, 6.07) is 0.865. The lowest BCUT2D eigenvalue weighted by atomic mass is 9.60. The van der Waals surface area contributed by atoms with Gasteiger partial charge in [-0.2, -0.15) is 0 Å². The Balaban J connectivity index is 1.51. The van der Waals surface area contributed by atoms with Crippen molar-refractivity contribution >= 4 is 11.9 Å². The Kier molecular flexibility index (Phi) is 4.30. The predicted molar refractivity (Wildman–Crippen MR) is 99.7 cm³/mol. The lowest BCUT2D eigenvalue weighted by Gasteiger charge is -2.48. The molecule has 5 rings (SSSR count). The van der Waals surface area contributed by atoms with Crippen LogP contribution < -0.4 is 0 Å². The zero-order valence-electron chi connectivity index (χ0n) is 16.8. The van der Waals surface area contributed by atoms with Crippen molar-refractivity contribution in [2.24, 2.45) is 35.5 Å². The molecule has 0 aromatic rings. The average Bonchev–Trinajstić information content (AvgIpc) is 3.20. The van der Waals surface area contributed by atoms with Crippen LogP contribution in [0.1, 0.15) is 59.3 Å². The molecule has 4 aliphatic heterocycles. The first kappa shape index (κ1) is 18.0. The van der Waals surface area contributed by atoms with E-state index in [4.69, 9.17) is 9.47 Å². The molecule has 5 heteroatoms. The molecule has 1 aliphatic carbocycles. The molecule has 0 N–H and O–H groups in total. The van der Waals surface area contributed by atoms with Gasteiger partial charge in [-0.25, -0.2) is 0 Å². The van der Waals surface area contributed by atoms with Crippen LogP contribution in [0.25, 0.3) is 0 Å². The van der Waals surface area contributed by atoms with Crippen molar-refractivity contribution in [1.29, 1.82) is 0 Å². The fourth-order valence-electron chi connectivity index (χ4n) is 7.48. The van der Waals surface area contributed by atoms with E-state index in [0.717, 1.165) is 25.8 Å².